The maximum atomic E-state index is 12.4. The molecule has 0 radical (unpaired) electrons. The first-order chi connectivity index (χ1) is 13.9. The minimum Gasteiger partial charge on any atom is -0.385 e. The van der Waals surface area contributed by atoms with Crippen molar-refractivity contribution in [2.24, 2.45) is 0 Å². The molecule has 2 aromatic carbocycles. The predicted molar refractivity (Wildman–Crippen MR) is 113 cm³/mol. The summed E-state index contributed by atoms with van der Waals surface area (Å²) in [5.74, 6) is -0.193. The van der Waals surface area contributed by atoms with Gasteiger partial charge in [0.15, 0.2) is 0 Å². The number of nitro benzene ring substituents is 1. The lowest BCUT2D eigenvalue weighted by Crippen LogP contribution is -2.30. The Morgan fingerprint density at radius 1 is 1.03 bits per heavy atom. The number of anilines is 2. The Kier molecular flexibility index (Phi) is 8.14. The highest BCUT2D eigenvalue weighted by molar-refractivity contribution is 5.97. The van der Waals surface area contributed by atoms with Crippen molar-refractivity contribution in [3.05, 3.63) is 64.2 Å². The third-order valence-corrected chi connectivity index (χ3v) is 4.43. The number of rotatable bonds is 10. The second kappa shape index (κ2) is 10.8. The molecule has 0 aliphatic rings. The van der Waals surface area contributed by atoms with Crippen molar-refractivity contribution >= 4 is 28.9 Å². The molecule has 0 saturated carbocycles. The maximum absolute atomic E-state index is 12.4. The number of nitrogens with one attached hydrogen (secondary N) is 2. The Labute approximate surface area is 170 Å². The number of nitro groups is 1. The van der Waals surface area contributed by atoms with E-state index in [0.717, 1.165) is 5.69 Å². The Morgan fingerprint density at radius 3 is 2.34 bits per heavy atom. The third-order valence-electron chi connectivity index (χ3n) is 4.43. The molecular formula is C21H26N4O4. The smallest absolute Gasteiger partial charge is 0.269 e. The molecule has 0 unspecified atom stereocenters. The summed E-state index contributed by atoms with van der Waals surface area (Å²) in [7, 11) is 0. The molecule has 2 amide bonds. The van der Waals surface area contributed by atoms with Crippen LogP contribution in [0.15, 0.2) is 48.5 Å². The van der Waals surface area contributed by atoms with E-state index in [-0.39, 0.29) is 17.5 Å². The van der Waals surface area contributed by atoms with E-state index in [9.17, 15) is 19.7 Å². The highest BCUT2D eigenvalue weighted by atomic mass is 16.6. The van der Waals surface area contributed by atoms with E-state index in [1.807, 2.05) is 13.8 Å². The zero-order chi connectivity index (χ0) is 21.2. The van der Waals surface area contributed by atoms with Crippen LogP contribution in [0.2, 0.25) is 0 Å². The van der Waals surface area contributed by atoms with Gasteiger partial charge in [-0.3, -0.25) is 19.7 Å². The molecule has 8 heteroatoms. The summed E-state index contributed by atoms with van der Waals surface area (Å²) in [5, 5.41) is 16.6. The fourth-order valence-corrected chi connectivity index (χ4v) is 2.83. The summed E-state index contributed by atoms with van der Waals surface area (Å²) in [6.07, 6.45) is 0.912. The lowest BCUT2D eigenvalue weighted by Gasteiger charge is -2.19. The third kappa shape index (κ3) is 6.60. The molecule has 0 atom stereocenters. The van der Waals surface area contributed by atoms with Gasteiger partial charge >= 0.3 is 0 Å². The molecule has 2 aromatic rings. The normalized spacial score (nSPS) is 10.3. The van der Waals surface area contributed by atoms with Crippen LogP contribution in [0.5, 0.6) is 0 Å². The number of benzene rings is 2. The Balaban J connectivity index is 1.80. The first-order valence-corrected chi connectivity index (χ1v) is 9.62. The first kappa shape index (κ1) is 21.9. The van der Waals surface area contributed by atoms with Crippen molar-refractivity contribution in [3.8, 4) is 0 Å². The number of carbonyl (C=O) groups excluding carboxylic acids is 2. The van der Waals surface area contributed by atoms with E-state index in [1.165, 1.54) is 12.1 Å². The Hall–Kier alpha value is -3.42. The van der Waals surface area contributed by atoms with Crippen LogP contribution in [0.25, 0.3) is 0 Å². The lowest BCUT2D eigenvalue weighted by atomic mass is 10.1. The van der Waals surface area contributed by atoms with E-state index in [2.05, 4.69) is 10.6 Å². The van der Waals surface area contributed by atoms with E-state index in [4.69, 9.17) is 0 Å². The summed E-state index contributed by atoms with van der Waals surface area (Å²) in [6.45, 7) is 5.68. The van der Waals surface area contributed by atoms with Gasteiger partial charge in [0.2, 0.25) is 5.91 Å². The van der Waals surface area contributed by atoms with Gasteiger partial charge in [-0.05, 0) is 50.6 Å². The Morgan fingerprint density at radius 2 is 1.72 bits per heavy atom. The zero-order valence-corrected chi connectivity index (χ0v) is 16.7. The molecule has 2 N–H and O–H groups in total. The molecular weight excluding hydrogens is 372 g/mol. The maximum Gasteiger partial charge on any atom is 0.269 e. The molecule has 0 aliphatic carbocycles. The van der Waals surface area contributed by atoms with Crippen LogP contribution < -0.4 is 10.6 Å². The van der Waals surface area contributed by atoms with E-state index in [0.29, 0.717) is 43.7 Å². The molecule has 154 valence electrons. The van der Waals surface area contributed by atoms with Crippen molar-refractivity contribution < 1.29 is 14.5 Å². The SMILES string of the molecule is CCN(CC)C(=O)c1cccc(NC(=O)CCCNc2ccc([N+](=O)[O-])cc2)c1. The van der Waals surface area contributed by atoms with Gasteiger partial charge in [-0.1, -0.05) is 6.07 Å². The van der Waals surface area contributed by atoms with Crippen molar-refractivity contribution in [1.82, 2.24) is 4.90 Å². The second-order valence-corrected chi connectivity index (χ2v) is 6.44. The van der Waals surface area contributed by atoms with Gasteiger partial charge in [-0.15, -0.1) is 0 Å². The molecule has 0 aliphatic heterocycles. The summed E-state index contributed by atoms with van der Waals surface area (Å²) in [6, 6.07) is 13.1. The van der Waals surface area contributed by atoms with Crippen LogP contribution in [0, 0.1) is 10.1 Å². The van der Waals surface area contributed by atoms with E-state index < -0.39 is 4.92 Å². The van der Waals surface area contributed by atoms with Crippen LogP contribution in [0.4, 0.5) is 17.1 Å². The molecule has 0 spiro atoms. The van der Waals surface area contributed by atoms with Crippen molar-refractivity contribution in [2.45, 2.75) is 26.7 Å². The Bertz CT molecular complexity index is 848. The fraction of sp³-hybridized carbons (Fsp3) is 0.333. The van der Waals surface area contributed by atoms with Crippen LogP contribution in [0.1, 0.15) is 37.0 Å². The average molecular weight is 398 g/mol. The standard InChI is InChI=1S/C21H26N4O4/c1-3-24(4-2)21(27)16-7-5-8-18(15-16)23-20(26)9-6-14-22-17-10-12-19(13-11-17)25(28)29/h5,7-8,10-13,15,22H,3-4,6,9,14H2,1-2H3,(H,23,26). The van der Waals surface area contributed by atoms with Gasteiger partial charge in [-0.25, -0.2) is 0 Å². The first-order valence-electron chi connectivity index (χ1n) is 9.62. The van der Waals surface area contributed by atoms with Gasteiger partial charge < -0.3 is 15.5 Å². The fourth-order valence-electron chi connectivity index (χ4n) is 2.83. The molecule has 0 aromatic heterocycles. The van der Waals surface area contributed by atoms with Crippen LogP contribution >= 0.6 is 0 Å². The van der Waals surface area contributed by atoms with Crippen LogP contribution in [-0.4, -0.2) is 41.3 Å². The zero-order valence-electron chi connectivity index (χ0n) is 16.7. The summed E-state index contributed by atoms with van der Waals surface area (Å²) < 4.78 is 0. The lowest BCUT2D eigenvalue weighted by molar-refractivity contribution is -0.384. The number of carbonyl (C=O) groups is 2. The van der Waals surface area contributed by atoms with Gasteiger partial charge in [-0.2, -0.15) is 0 Å². The number of amides is 2. The van der Waals surface area contributed by atoms with Crippen molar-refractivity contribution in [3.63, 3.8) is 0 Å². The summed E-state index contributed by atoms with van der Waals surface area (Å²) >= 11 is 0. The van der Waals surface area contributed by atoms with Crippen molar-refractivity contribution in [1.29, 1.82) is 0 Å². The van der Waals surface area contributed by atoms with Gasteiger partial charge in [0.05, 0.1) is 4.92 Å². The largest absolute Gasteiger partial charge is 0.385 e. The predicted octanol–water partition coefficient (Wildman–Crippen LogP) is 3.91. The van der Waals surface area contributed by atoms with Crippen LogP contribution in [-0.2, 0) is 4.79 Å². The van der Waals surface area contributed by atoms with Crippen LogP contribution in [0.3, 0.4) is 0 Å². The molecule has 29 heavy (non-hydrogen) atoms. The highest BCUT2D eigenvalue weighted by Gasteiger charge is 2.13. The molecule has 0 saturated heterocycles. The minimum absolute atomic E-state index is 0.0385. The van der Waals surface area contributed by atoms with Gasteiger partial charge in [0.1, 0.15) is 0 Å². The summed E-state index contributed by atoms with van der Waals surface area (Å²) in [4.78, 5) is 36.5. The molecule has 8 nitrogen and oxygen atoms in total. The van der Waals surface area contributed by atoms with Crippen molar-refractivity contribution in [2.75, 3.05) is 30.3 Å². The molecule has 0 heterocycles. The number of nitrogens with zero attached hydrogens (tertiary/aromatic N) is 2. The number of non-ortho nitro benzene ring substituents is 1. The van der Waals surface area contributed by atoms with E-state index in [1.54, 1.807) is 41.3 Å². The topological polar surface area (TPSA) is 105 Å². The van der Waals surface area contributed by atoms with Gasteiger partial charge in [0.25, 0.3) is 11.6 Å². The average Bonchev–Trinajstić information content (AvgIpc) is 2.72. The highest BCUT2D eigenvalue weighted by Crippen LogP contribution is 2.16. The minimum atomic E-state index is -0.446. The number of hydrogen-bond donors (Lipinski definition) is 2. The quantitative estimate of drug-likeness (QED) is 0.359. The molecule has 2 rings (SSSR count). The van der Waals surface area contributed by atoms with Gasteiger partial charge in [0, 0.05) is 55.1 Å². The molecule has 0 bridgehead atoms. The second-order valence-electron chi connectivity index (χ2n) is 6.44. The number of hydrogen-bond acceptors (Lipinski definition) is 5. The van der Waals surface area contributed by atoms with E-state index >= 15 is 0 Å². The molecule has 0 fully saturated rings. The summed E-state index contributed by atoms with van der Waals surface area (Å²) in [5.41, 5.74) is 1.94. The monoisotopic (exact) mass is 398 g/mol.